The molecule has 0 bridgehead atoms. The smallest absolute Gasteiger partial charge is 0.370 e. The molecule has 3 rings (SSSR count). The maximum Gasteiger partial charge on any atom is 0.416 e. The van der Waals surface area contributed by atoms with Crippen LogP contribution in [0.2, 0.25) is 0 Å². The topological polar surface area (TPSA) is 49.4 Å². The number of nitrogens with one attached hydrogen (secondary N) is 1. The summed E-state index contributed by atoms with van der Waals surface area (Å²) in [5.74, 6) is 0. The third-order valence-electron chi connectivity index (χ3n) is 4.15. The van der Waals surface area contributed by atoms with Crippen LogP contribution in [0.1, 0.15) is 11.1 Å². The Morgan fingerprint density at radius 1 is 1.04 bits per heavy atom. The number of benzene rings is 2. The summed E-state index contributed by atoms with van der Waals surface area (Å²) in [5, 5.41) is 0. The Bertz CT molecular complexity index is 849. The minimum Gasteiger partial charge on any atom is -0.370 e. The molecular formula is C17H17F3N2O2S. The number of halogens is 3. The van der Waals surface area contributed by atoms with Gasteiger partial charge in [-0.3, -0.25) is 0 Å². The van der Waals surface area contributed by atoms with E-state index in [0.717, 1.165) is 42.9 Å². The van der Waals surface area contributed by atoms with Crippen molar-refractivity contribution in [1.29, 1.82) is 0 Å². The second-order valence-corrected chi connectivity index (χ2v) is 7.55. The van der Waals surface area contributed by atoms with E-state index in [1.807, 2.05) is 24.3 Å². The van der Waals surface area contributed by atoms with Crippen molar-refractivity contribution < 1.29 is 21.6 Å². The van der Waals surface area contributed by atoms with Crippen molar-refractivity contribution in [2.75, 3.05) is 24.5 Å². The summed E-state index contributed by atoms with van der Waals surface area (Å²) in [6.45, 7) is 1.50. The van der Waals surface area contributed by atoms with E-state index in [0.29, 0.717) is 6.54 Å². The largest absolute Gasteiger partial charge is 0.416 e. The van der Waals surface area contributed by atoms with Crippen molar-refractivity contribution in [2.24, 2.45) is 0 Å². The molecule has 0 saturated heterocycles. The lowest BCUT2D eigenvalue weighted by atomic mass is 10.2. The van der Waals surface area contributed by atoms with Crippen LogP contribution in [0.25, 0.3) is 0 Å². The van der Waals surface area contributed by atoms with Gasteiger partial charge >= 0.3 is 6.18 Å². The van der Waals surface area contributed by atoms with E-state index in [1.165, 1.54) is 5.56 Å². The normalized spacial score (nSPS) is 14.6. The highest BCUT2D eigenvalue weighted by Gasteiger charge is 2.30. The number of anilines is 1. The Balaban J connectivity index is 1.61. The van der Waals surface area contributed by atoms with Gasteiger partial charge in [0.1, 0.15) is 0 Å². The first-order valence-corrected chi connectivity index (χ1v) is 9.25. The molecule has 1 aliphatic heterocycles. The van der Waals surface area contributed by atoms with Gasteiger partial charge < -0.3 is 4.90 Å². The van der Waals surface area contributed by atoms with Gasteiger partial charge in [0, 0.05) is 25.3 Å². The summed E-state index contributed by atoms with van der Waals surface area (Å²) in [7, 11) is -3.84. The molecule has 0 aromatic heterocycles. The van der Waals surface area contributed by atoms with Crippen LogP contribution in [0.4, 0.5) is 18.9 Å². The first-order valence-electron chi connectivity index (χ1n) is 7.77. The number of alkyl halides is 3. The standard InChI is InChI=1S/C17H17F3N2O2S/c18-17(19,20)14-5-7-15(8-6-14)25(23,24)21-10-12-22-11-9-13-3-1-2-4-16(13)22/h1-8,21H,9-12H2. The highest BCUT2D eigenvalue weighted by Crippen LogP contribution is 2.30. The first-order chi connectivity index (χ1) is 11.8. The Morgan fingerprint density at radius 3 is 2.40 bits per heavy atom. The summed E-state index contributed by atoms with van der Waals surface area (Å²) >= 11 is 0. The Hall–Kier alpha value is -2.06. The predicted molar refractivity (Wildman–Crippen MR) is 89.0 cm³/mol. The monoisotopic (exact) mass is 370 g/mol. The molecule has 1 N–H and O–H groups in total. The van der Waals surface area contributed by atoms with E-state index in [4.69, 9.17) is 0 Å². The van der Waals surface area contributed by atoms with Gasteiger partial charge in [0.05, 0.1) is 10.5 Å². The molecule has 0 unspecified atom stereocenters. The van der Waals surface area contributed by atoms with Crippen molar-refractivity contribution in [3.05, 3.63) is 59.7 Å². The van der Waals surface area contributed by atoms with Crippen LogP contribution in [0.5, 0.6) is 0 Å². The van der Waals surface area contributed by atoms with Gasteiger partial charge in [-0.1, -0.05) is 18.2 Å². The van der Waals surface area contributed by atoms with Crippen molar-refractivity contribution in [3.63, 3.8) is 0 Å². The van der Waals surface area contributed by atoms with Gasteiger partial charge in [-0.05, 0) is 42.3 Å². The summed E-state index contributed by atoms with van der Waals surface area (Å²) in [5.41, 5.74) is 1.45. The third-order valence-corrected chi connectivity index (χ3v) is 5.63. The molecule has 2 aromatic carbocycles. The van der Waals surface area contributed by atoms with Gasteiger partial charge in [0.15, 0.2) is 0 Å². The van der Waals surface area contributed by atoms with E-state index in [-0.39, 0.29) is 11.4 Å². The van der Waals surface area contributed by atoms with Gasteiger partial charge in [-0.25, -0.2) is 13.1 Å². The van der Waals surface area contributed by atoms with Gasteiger partial charge in [-0.15, -0.1) is 0 Å². The van der Waals surface area contributed by atoms with E-state index >= 15 is 0 Å². The highest BCUT2D eigenvalue weighted by atomic mass is 32.2. The lowest BCUT2D eigenvalue weighted by molar-refractivity contribution is -0.137. The van der Waals surface area contributed by atoms with Gasteiger partial charge in [-0.2, -0.15) is 13.2 Å². The number of sulfonamides is 1. The van der Waals surface area contributed by atoms with Crippen LogP contribution in [-0.2, 0) is 22.6 Å². The summed E-state index contributed by atoms with van der Waals surface area (Å²) in [4.78, 5) is 1.91. The van der Waals surface area contributed by atoms with Crippen LogP contribution in [0, 0.1) is 0 Å². The van der Waals surface area contributed by atoms with Crippen LogP contribution < -0.4 is 9.62 Å². The fraction of sp³-hybridized carbons (Fsp3) is 0.294. The fourth-order valence-electron chi connectivity index (χ4n) is 2.86. The number of para-hydroxylation sites is 1. The van der Waals surface area contributed by atoms with E-state index in [9.17, 15) is 21.6 Å². The van der Waals surface area contributed by atoms with Crippen LogP contribution in [0.3, 0.4) is 0 Å². The minimum absolute atomic E-state index is 0.178. The molecular weight excluding hydrogens is 353 g/mol. The summed E-state index contributed by atoms with van der Waals surface area (Å²) < 4.78 is 64.5. The highest BCUT2D eigenvalue weighted by molar-refractivity contribution is 7.89. The number of hydrogen-bond acceptors (Lipinski definition) is 3. The van der Waals surface area contributed by atoms with E-state index in [1.54, 1.807) is 0 Å². The molecule has 0 atom stereocenters. The Labute approximate surface area is 144 Å². The SMILES string of the molecule is O=S(=O)(NCCN1CCc2ccccc21)c1ccc(C(F)(F)F)cc1. The number of hydrogen-bond donors (Lipinski definition) is 1. The quantitative estimate of drug-likeness (QED) is 0.880. The number of fused-ring (bicyclic) bond motifs is 1. The maximum atomic E-state index is 12.5. The van der Waals surface area contributed by atoms with Crippen LogP contribution in [-0.4, -0.2) is 28.1 Å². The number of rotatable bonds is 5. The van der Waals surface area contributed by atoms with Gasteiger partial charge in [0.2, 0.25) is 10.0 Å². The molecule has 0 fully saturated rings. The molecule has 25 heavy (non-hydrogen) atoms. The molecule has 2 aromatic rings. The Morgan fingerprint density at radius 2 is 1.72 bits per heavy atom. The zero-order valence-electron chi connectivity index (χ0n) is 13.3. The minimum atomic E-state index is -4.49. The molecule has 0 spiro atoms. The van der Waals surface area contributed by atoms with E-state index < -0.39 is 21.8 Å². The molecule has 8 heteroatoms. The first kappa shape index (κ1) is 17.8. The molecule has 0 amide bonds. The summed E-state index contributed by atoms with van der Waals surface area (Å²) in [6, 6.07) is 11.4. The lowest BCUT2D eigenvalue weighted by Crippen LogP contribution is -2.34. The van der Waals surface area contributed by atoms with Crippen molar-refractivity contribution in [1.82, 2.24) is 4.72 Å². The van der Waals surface area contributed by atoms with E-state index in [2.05, 4.69) is 9.62 Å². The maximum absolute atomic E-state index is 12.5. The zero-order valence-corrected chi connectivity index (χ0v) is 14.1. The molecule has 1 heterocycles. The fourth-order valence-corrected chi connectivity index (χ4v) is 3.88. The lowest BCUT2D eigenvalue weighted by Gasteiger charge is -2.19. The third kappa shape index (κ3) is 3.96. The average molecular weight is 370 g/mol. The molecule has 4 nitrogen and oxygen atoms in total. The second kappa shape index (κ2) is 6.68. The molecule has 0 aliphatic carbocycles. The molecule has 0 radical (unpaired) electrons. The average Bonchev–Trinajstić information content (AvgIpc) is 2.97. The number of nitrogens with zero attached hydrogens (tertiary/aromatic N) is 1. The summed E-state index contributed by atoms with van der Waals surface area (Å²) in [6.07, 6.45) is -3.57. The van der Waals surface area contributed by atoms with Crippen LogP contribution >= 0.6 is 0 Å². The molecule has 134 valence electrons. The zero-order chi connectivity index (χ0) is 18.1. The van der Waals surface area contributed by atoms with Crippen molar-refractivity contribution in [2.45, 2.75) is 17.5 Å². The van der Waals surface area contributed by atoms with Crippen LogP contribution in [0.15, 0.2) is 53.4 Å². The second-order valence-electron chi connectivity index (χ2n) is 5.79. The van der Waals surface area contributed by atoms with Crippen molar-refractivity contribution in [3.8, 4) is 0 Å². The Kier molecular flexibility index (Phi) is 4.75. The molecule has 0 saturated carbocycles. The predicted octanol–water partition coefficient (Wildman–Crippen LogP) is 3.05. The van der Waals surface area contributed by atoms with Gasteiger partial charge in [0.25, 0.3) is 0 Å². The van der Waals surface area contributed by atoms with Crippen molar-refractivity contribution >= 4 is 15.7 Å². The molecule has 1 aliphatic rings.